The zero-order chi connectivity index (χ0) is 17.0. The van der Waals surface area contributed by atoms with Crippen LogP contribution in [0.1, 0.15) is 24.2 Å². The van der Waals surface area contributed by atoms with Gasteiger partial charge in [0.15, 0.2) is 5.75 Å². The summed E-state index contributed by atoms with van der Waals surface area (Å²) < 4.78 is 9.57. The lowest BCUT2D eigenvalue weighted by molar-refractivity contribution is -0.158. The van der Waals surface area contributed by atoms with E-state index in [9.17, 15) is 14.4 Å². The van der Waals surface area contributed by atoms with Crippen molar-refractivity contribution in [2.45, 2.75) is 13.8 Å². The third kappa shape index (κ3) is 4.50. The molecular formula is C13H11Cl3O6. The van der Waals surface area contributed by atoms with Crippen LogP contribution in [0.25, 0.3) is 0 Å². The summed E-state index contributed by atoms with van der Waals surface area (Å²) in [7, 11) is 0. The smallest absolute Gasteiger partial charge is 0.422 e. The molecule has 22 heavy (non-hydrogen) atoms. The number of hydrogen-bond donors (Lipinski definition) is 1. The predicted octanol–water partition coefficient (Wildman–Crippen LogP) is 3.45. The predicted molar refractivity (Wildman–Crippen MR) is 79.9 cm³/mol. The molecule has 1 aromatic carbocycles. The lowest BCUT2D eigenvalue weighted by atomic mass is 10.2. The van der Waals surface area contributed by atoms with Gasteiger partial charge in [0.25, 0.3) is 0 Å². The van der Waals surface area contributed by atoms with Crippen molar-refractivity contribution < 1.29 is 29.0 Å². The maximum absolute atomic E-state index is 12.1. The minimum absolute atomic E-state index is 0.0439. The van der Waals surface area contributed by atoms with E-state index < -0.39 is 29.2 Å². The molecule has 0 saturated heterocycles. The Kier molecular flexibility index (Phi) is 6.47. The molecule has 0 amide bonds. The summed E-state index contributed by atoms with van der Waals surface area (Å²) >= 11 is 17.6. The van der Waals surface area contributed by atoms with Gasteiger partial charge in [-0.2, -0.15) is 0 Å². The first kappa shape index (κ1) is 18.5. The van der Waals surface area contributed by atoms with Gasteiger partial charge in [0.05, 0.1) is 21.7 Å². The van der Waals surface area contributed by atoms with Gasteiger partial charge in [0.2, 0.25) is 0 Å². The second kappa shape index (κ2) is 7.67. The molecule has 0 unspecified atom stereocenters. The number of carbonyl (C=O) groups excluding carboxylic acids is 2. The number of aliphatic carboxylic acids is 1. The number of carboxylic acids is 1. The van der Waals surface area contributed by atoms with Gasteiger partial charge < -0.3 is 14.6 Å². The zero-order valence-electron chi connectivity index (χ0n) is 11.5. The normalized spacial score (nSPS) is 10.5. The fraction of sp³-hybridized carbons (Fsp3) is 0.308. The Labute approximate surface area is 140 Å². The van der Waals surface area contributed by atoms with E-state index in [1.807, 2.05) is 13.8 Å². The number of hydrogen-bond acceptors (Lipinski definition) is 5. The van der Waals surface area contributed by atoms with E-state index in [0.717, 1.165) is 6.07 Å². The Morgan fingerprint density at radius 2 is 1.77 bits per heavy atom. The molecule has 9 heteroatoms. The Hall–Kier alpha value is -1.50. The van der Waals surface area contributed by atoms with Crippen LogP contribution in [0, 0.1) is 5.92 Å². The molecule has 1 rings (SSSR count). The highest BCUT2D eigenvalue weighted by atomic mass is 35.5. The van der Waals surface area contributed by atoms with Crippen LogP contribution in [0.2, 0.25) is 15.1 Å². The standard InChI is InChI=1S/C13H11Cl3O6/c1-5(2)4-21-12(19)8-9(16)6(14)3-7(15)10(8)22-13(20)11(17)18/h3,5H,4H2,1-2H3,(H,17,18). The summed E-state index contributed by atoms with van der Waals surface area (Å²) in [5, 5.41) is 7.99. The van der Waals surface area contributed by atoms with Gasteiger partial charge in [-0.15, -0.1) is 0 Å². The summed E-state index contributed by atoms with van der Waals surface area (Å²) in [5.41, 5.74) is -0.408. The van der Waals surface area contributed by atoms with Gasteiger partial charge in [-0.25, -0.2) is 14.4 Å². The first-order valence-corrected chi connectivity index (χ1v) is 7.08. The number of carboxylic acid groups (broad SMARTS) is 1. The van der Waals surface area contributed by atoms with Gasteiger partial charge in [0, 0.05) is 0 Å². The van der Waals surface area contributed by atoms with E-state index in [1.165, 1.54) is 0 Å². The van der Waals surface area contributed by atoms with E-state index in [4.69, 9.17) is 44.6 Å². The first-order chi connectivity index (χ1) is 10.1. The van der Waals surface area contributed by atoms with Gasteiger partial charge >= 0.3 is 17.9 Å². The third-order valence-electron chi connectivity index (χ3n) is 2.25. The van der Waals surface area contributed by atoms with Crippen LogP contribution in [0.4, 0.5) is 0 Å². The molecule has 0 heterocycles. The molecule has 6 nitrogen and oxygen atoms in total. The molecule has 0 saturated carbocycles. The Morgan fingerprint density at radius 3 is 2.27 bits per heavy atom. The molecule has 1 N–H and O–H groups in total. The minimum atomic E-state index is -1.86. The average molecular weight is 370 g/mol. The average Bonchev–Trinajstić information content (AvgIpc) is 2.42. The van der Waals surface area contributed by atoms with Gasteiger partial charge in [-0.1, -0.05) is 48.7 Å². The third-order valence-corrected chi connectivity index (χ3v) is 3.32. The Balaban J connectivity index is 3.30. The van der Waals surface area contributed by atoms with Crippen molar-refractivity contribution in [1.82, 2.24) is 0 Å². The lowest BCUT2D eigenvalue weighted by Gasteiger charge is -2.14. The van der Waals surface area contributed by atoms with E-state index in [2.05, 4.69) is 4.74 Å². The van der Waals surface area contributed by atoms with Crippen molar-refractivity contribution in [3.8, 4) is 5.75 Å². The van der Waals surface area contributed by atoms with E-state index in [-0.39, 0.29) is 27.6 Å². The van der Waals surface area contributed by atoms with Crippen LogP contribution < -0.4 is 4.74 Å². The van der Waals surface area contributed by atoms with Crippen molar-refractivity contribution in [3.05, 3.63) is 26.7 Å². The van der Waals surface area contributed by atoms with Crippen LogP contribution in [-0.2, 0) is 14.3 Å². The van der Waals surface area contributed by atoms with Crippen molar-refractivity contribution in [2.24, 2.45) is 5.92 Å². The fourth-order valence-electron chi connectivity index (χ4n) is 1.31. The molecule has 120 valence electrons. The van der Waals surface area contributed by atoms with E-state index in [1.54, 1.807) is 0 Å². The van der Waals surface area contributed by atoms with Crippen LogP contribution in [0.3, 0.4) is 0 Å². The second-order valence-electron chi connectivity index (χ2n) is 4.55. The monoisotopic (exact) mass is 368 g/mol. The molecule has 0 spiro atoms. The van der Waals surface area contributed by atoms with Crippen LogP contribution in [0.15, 0.2) is 6.07 Å². The number of carbonyl (C=O) groups is 3. The highest BCUT2D eigenvalue weighted by Gasteiger charge is 2.27. The number of ether oxygens (including phenoxy) is 2. The lowest BCUT2D eigenvalue weighted by Crippen LogP contribution is -2.21. The molecule has 0 aliphatic heterocycles. The van der Waals surface area contributed by atoms with Gasteiger partial charge in [-0.3, -0.25) is 0 Å². The highest BCUT2D eigenvalue weighted by molar-refractivity contribution is 6.46. The molecule has 0 radical (unpaired) electrons. The second-order valence-corrected chi connectivity index (χ2v) is 5.74. The number of esters is 2. The largest absolute Gasteiger partial charge is 0.473 e. The maximum atomic E-state index is 12.1. The summed E-state index contributed by atoms with van der Waals surface area (Å²) in [6.07, 6.45) is 0. The molecule has 0 aromatic heterocycles. The topological polar surface area (TPSA) is 89.9 Å². The summed E-state index contributed by atoms with van der Waals surface area (Å²) in [6.45, 7) is 3.70. The van der Waals surface area contributed by atoms with Crippen LogP contribution in [-0.4, -0.2) is 29.6 Å². The summed E-state index contributed by atoms with van der Waals surface area (Å²) in [4.78, 5) is 33.8. The van der Waals surface area contributed by atoms with Gasteiger partial charge in [-0.05, 0) is 12.0 Å². The van der Waals surface area contributed by atoms with Crippen molar-refractivity contribution >= 4 is 52.7 Å². The first-order valence-electron chi connectivity index (χ1n) is 5.94. The van der Waals surface area contributed by atoms with Crippen molar-refractivity contribution in [2.75, 3.05) is 6.61 Å². The van der Waals surface area contributed by atoms with Crippen molar-refractivity contribution in [1.29, 1.82) is 0 Å². The van der Waals surface area contributed by atoms with E-state index in [0.29, 0.717) is 0 Å². The Morgan fingerprint density at radius 1 is 1.18 bits per heavy atom. The molecule has 0 aliphatic carbocycles. The number of benzene rings is 1. The number of halogens is 3. The SMILES string of the molecule is CC(C)COC(=O)c1c(Cl)c(Cl)cc(Cl)c1OC(=O)C(=O)O. The summed E-state index contributed by atoms with van der Waals surface area (Å²) in [6, 6.07) is 1.12. The molecule has 0 atom stereocenters. The van der Waals surface area contributed by atoms with E-state index >= 15 is 0 Å². The van der Waals surface area contributed by atoms with Crippen LogP contribution >= 0.6 is 34.8 Å². The Bertz CT molecular complexity index is 627. The molecule has 1 aromatic rings. The van der Waals surface area contributed by atoms with Gasteiger partial charge in [0.1, 0.15) is 5.56 Å². The maximum Gasteiger partial charge on any atom is 0.422 e. The molecule has 0 aliphatic rings. The zero-order valence-corrected chi connectivity index (χ0v) is 13.8. The molecule has 0 bridgehead atoms. The molecule has 0 fully saturated rings. The highest BCUT2D eigenvalue weighted by Crippen LogP contribution is 2.39. The summed E-state index contributed by atoms with van der Waals surface area (Å²) in [5.74, 6) is -4.89. The minimum Gasteiger partial charge on any atom is -0.473 e. The molecular weight excluding hydrogens is 358 g/mol. The van der Waals surface area contributed by atoms with Crippen LogP contribution in [0.5, 0.6) is 5.75 Å². The fourth-order valence-corrected chi connectivity index (χ4v) is 2.03. The quantitative estimate of drug-likeness (QED) is 0.378. The number of rotatable bonds is 4. The van der Waals surface area contributed by atoms with Crippen molar-refractivity contribution in [3.63, 3.8) is 0 Å².